The number of carbonyl (C=O) groups is 3. The largest absolute Gasteiger partial charge is 0.411 e. The van der Waals surface area contributed by atoms with Gasteiger partial charge >= 0.3 is 12.4 Å². The van der Waals surface area contributed by atoms with Gasteiger partial charge in [-0.05, 0) is 48.7 Å². The number of halogens is 6. The van der Waals surface area contributed by atoms with Gasteiger partial charge in [0.1, 0.15) is 0 Å². The fourth-order valence-corrected chi connectivity index (χ4v) is 3.82. The highest BCUT2D eigenvalue weighted by Crippen LogP contribution is 2.56. The number of fused-ring (bicyclic) bond motifs is 1. The lowest BCUT2D eigenvalue weighted by atomic mass is 9.71. The van der Waals surface area contributed by atoms with Gasteiger partial charge in [-0.1, -0.05) is 50.6 Å². The van der Waals surface area contributed by atoms with Gasteiger partial charge in [0.2, 0.25) is 5.41 Å². The molecule has 1 heterocycles. The van der Waals surface area contributed by atoms with Crippen molar-refractivity contribution in [1.29, 1.82) is 0 Å². The number of carbonyl (C=O) groups excluding carboxylic acids is 3. The molecule has 0 spiro atoms. The van der Waals surface area contributed by atoms with E-state index in [0.29, 0.717) is 24.3 Å². The van der Waals surface area contributed by atoms with E-state index in [1.165, 1.54) is 13.3 Å². The Labute approximate surface area is 198 Å². The molecule has 0 bridgehead atoms. The van der Waals surface area contributed by atoms with Crippen molar-refractivity contribution in [2.45, 2.75) is 51.9 Å². The van der Waals surface area contributed by atoms with Crippen molar-refractivity contribution in [3.05, 3.63) is 76.4 Å². The fourth-order valence-electron chi connectivity index (χ4n) is 3.82. The molecule has 0 radical (unpaired) electrons. The standard InChI is InChI=1S/C22H15F6NO3.C3H8/c1-10(2)14-6-4-12(8-16(14)11(3)30)20(21(23,24)25,22(26,27)28)13-5-7-15-17(9-13)19(32)29-18(15)31;1-3-2/h4-9H,1H2,2-3H3,(H,29,31,32);3H2,1-2H3. The Morgan fingerprint density at radius 3 is 1.71 bits per heavy atom. The highest BCUT2D eigenvalue weighted by molar-refractivity contribution is 6.21. The molecule has 3 rings (SSSR count). The summed E-state index contributed by atoms with van der Waals surface area (Å²) in [6, 6.07) is 3.83. The number of rotatable bonds is 4. The zero-order valence-electron chi connectivity index (χ0n) is 19.4. The molecular weight excluding hydrogens is 476 g/mol. The molecule has 2 aromatic rings. The molecule has 2 amide bonds. The minimum absolute atomic E-state index is 0.110. The van der Waals surface area contributed by atoms with Gasteiger partial charge in [0, 0.05) is 5.56 Å². The number of alkyl halides is 6. The maximum atomic E-state index is 14.4. The molecule has 0 fully saturated rings. The van der Waals surface area contributed by atoms with Gasteiger partial charge in [-0.2, -0.15) is 26.3 Å². The Balaban J connectivity index is 0.00000137. The van der Waals surface area contributed by atoms with Crippen molar-refractivity contribution in [2.75, 3.05) is 0 Å². The van der Waals surface area contributed by atoms with Crippen LogP contribution in [0.25, 0.3) is 5.57 Å². The third-order valence-corrected chi connectivity index (χ3v) is 5.31. The number of benzene rings is 2. The SMILES string of the molecule is C=C(C)c1ccc(C(c2ccc3c(c2)C(=O)NC3=O)(C(F)(F)F)C(F)(F)F)cc1C(C)=O.CCC. The van der Waals surface area contributed by atoms with Crippen molar-refractivity contribution in [3.63, 3.8) is 0 Å². The lowest BCUT2D eigenvalue weighted by Gasteiger charge is -2.38. The van der Waals surface area contributed by atoms with E-state index in [-0.39, 0.29) is 22.3 Å². The first kappa shape index (κ1) is 27.8. The molecular formula is C25H23F6NO3. The first-order valence-corrected chi connectivity index (χ1v) is 10.5. The van der Waals surface area contributed by atoms with E-state index in [9.17, 15) is 40.7 Å². The quantitative estimate of drug-likeness (QED) is 0.292. The maximum absolute atomic E-state index is 14.4. The van der Waals surface area contributed by atoms with Gasteiger partial charge in [0.15, 0.2) is 5.78 Å². The van der Waals surface area contributed by atoms with E-state index in [2.05, 4.69) is 20.4 Å². The fraction of sp³-hybridized carbons (Fsp3) is 0.320. The molecule has 2 aromatic carbocycles. The summed E-state index contributed by atoms with van der Waals surface area (Å²) in [5.41, 5.74) is -8.04. The van der Waals surface area contributed by atoms with Crippen LogP contribution in [0.3, 0.4) is 0 Å². The average Bonchev–Trinajstić information content (AvgIpc) is 3.00. The van der Waals surface area contributed by atoms with Crippen LogP contribution in [0.4, 0.5) is 26.3 Å². The van der Waals surface area contributed by atoms with Gasteiger partial charge in [-0.25, -0.2) is 0 Å². The van der Waals surface area contributed by atoms with Gasteiger partial charge in [-0.15, -0.1) is 0 Å². The minimum Gasteiger partial charge on any atom is -0.294 e. The molecule has 1 N–H and O–H groups in total. The normalized spacial score (nSPS) is 13.5. The first-order valence-electron chi connectivity index (χ1n) is 10.5. The van der Waals surface area contributed by atoms with Crippen LogP contribution in [0.15, 0.2) is 43.0 Å². The van der Waals surface area contributed by atoms with E-state index in [1.807, 2.05) is 5.32 Å². The Kier molecular flexibility index (Phi) is 7.69. The second-order valence-electron chi connectivity index (χ2n) is 8.09. The number of amides is 2. The number of Topliss-reactive ketones (excluding diaryl/α,β-unsaturated/α-hetero) is 1. The molecule has 10 heteroatoms. The van der Waals surface area contributed by atoms with Crippen molar-refractivity contribution < 1.29 is 40.7 Å². The predicted octanol–water partition coefficient (Wildman–Crippen LogP) is 6.63. The van der Waals surface area contributed by atoms with E-state index < -0.39 is 52.1 Å². The van der Waals surface area contributed by atoms with Crippen LogP contribution in [0, 0.1) is 0 Å². The van der Waals surface area contributed by atoms with E-state index in [4.69, 9.17) is 0 Å². The van der Waals surface area contributed by atoms with Crippen molar-refractivity contribution >= 4 is 23.2 Å². The van der Waals surface area contributed by atoms with Gasteiger partial charge in [0.25, 0.3) is 11.8 Å². The number of ketones is 1. The first-order chi connectivity index (χ1) is 16.0. The van der Waals surface area contributed by atoms with Crippen molar-refractivity contribution in [1.82, 2.24) is 5.32 Å². The maximum Gasteiger partial charge on any atom is 0.411 e. The second kappa shape index (κ2) is 9.67. The second-order valence-corrected chi connectivity index (χ2v) is 8.09. The van der Waals surface area contributed by atoms with Crippen LogP contribution in [-0.2, 0) is 5.41 Å². The number of imide groups is 1. The summed E-state index contributed by atoms with van der Waals surface area (Å²) >= 11 is 0. The van der Waals surface area contributed by atoms with Crippen molar-refractivity contribution in [2.24, 2.45) is 0 Å². The van der Waals surface area contributed by atoms with E-state index in [0.717, 1.165) is 19.1 Å². The molecule has 188 valence electrons. The Hall–Kier alpha value is -3.43. The smallest absolute Gasteiger partial charge is 0.294 e. The van der Waals surface area contributed by atoms with E-state index >= 15 is 0 Å². The number of allylic oxidation sites excluding steroid dienone is 1. The highest BCUT2D eigenvalue weighted by Gasteiger charge is 2.72. The third kappa shape index (κ3) is 4.74. The average molecular weight is 499 g/mol. The third-order valence-electron chi connectivity index (χ3n) is 5.31. The molecule has 0 saturated carbocycles. The molecule has 0 aliphatic carbocycles. The zero-order chi connectivity index (χ0) is 26.9. The Bertz CT molecular complexity index is 1180. The molecule has 1 aliphatic heterocycles. The molecule has 0 aromatic heterocycles. The summed E-state index contributed by atoms with van der Waals surface area (Å²) in [6.45, 7) is 10.3. The lowest BCUT2D eigenvalue weighted by molar-refractivity contribution is -0.288. The van der Waals surface area contributed by atoms with Crippen LogP contribution in [0.1, 0.15) is 81.9 Å². The minimum atomic E-state index is -5.92. The number of hydrogen-bond acceptors (Lipinski definition) is 3. The van der Waals surface area contributed by atoms with Crippen LogP contribution in [-0.4, -0.2) is 30.0 Å². The summed E-state index contributed by atoms with van der Waals surface area (Å²) in [7, 11) is 0. The summed E-state index contributed by atoms with van der Waals surface area (Å²) < 4.78 is 86.2. The monoisotopic (exact) mass is 499 g/mol. The summed E-state index contributed by atoms with van der Waals surface area (Å²) in [4.78, 5) is 35.6. The predicted molar refractivity (Wildman–Crippen MR) is 118 cm³/mol. The topological polar surface area (TPSA) is 63.2 Å². The Morgan fingerprint density at radius 2 is 1.26 bits per heavy atom. The van der Waals surface area contributed by atoms with Crippen LogP contribution in [0.2, 0.25) is 0 Å². The molecule has 1 aliphatic rings. The summed E-state index contributed by atoms with van der Waals surface area (Å²) in [5, 5.41) is 1.83. The lowest BCUT2D eigenvalue weighted by Crippen LogP contribution is -2.55. The van der Waals surface area contributed by atoms with Crippen LogP contribution < -0.4 is 5.32 Å². The summed E-state index contributed by atoms with van der Waals surface area (Å²) in [6.07, 6.45) is -10.6. The van der Waals surface area contributed by atoms with Gasteiger partial charge in [-0.3, -0.25) is 19.7 Å². The van der Waals surface area contributed by atoms with Crippen LogP contribution >= 0.6 is 0 Å². The highest BCUT2D eigenvalue weighted by atomic mass is 19.4. The molecule has 4 nitrogen and oxygen atoms in total. The van der Waals surface area contributed by atoms with E-state index in [1.54, 1.807) is 0 Å². The molecule has 35 heavy (non-hydrogen) atoms. The Morgan fingerprint density at radius 1 is 0.800 bits per heavy atom. The van der Waals surface area contributed by atoms with Gasteiger partial charge < -0.3 is 0 Å². The van der Waals surface area contributed by atoms with Crippen molar-refractivity contribution in [3.8, 4) is 0 Å². The molecule has 0 unspecified atom stereocenters. The van der Waals surface area contributed by atoms with Gasteiger partial charge in [0.05, 0.1) is 11.1 Å². The molecule has 0 atom stereocenters. The van der Waals surface area contributed by atoms with Crippen LogP contribution in [0.5, 0.6) is 0 Å². The molecule has 0 saturated heterocycles. The number of nitrogens with one attached hydrogen (secondary N) is 1. The number of hydrogen-bond donors (Lipinski definition) is 1. The zero-order valence-corrected chi connectivity index (χ0v) is 19.4. The summed E-state index contributed by atoms with van der Waals surface area (Å²) in [5.74, 6) is -2.78.